The Labute approximate surface area is 109 Å². The Kier molecular flexibility index (Phi) is 4.19. The molecule has 0 bridgehead atoms. The number of benzene rings is 1. The van der Waals surface area contributed by atoms with Crippen molar-refractivity contribution < 1.29 is 9.18 Å². The third-order valence-corrected chi connectivity index (χ3v) is 2.50. The lowest BCUT2D eigenvalue weighted by atomic mass is 10.2. The first-order chi connectivity index (χ1) is 9.20. The van der Waals surface area contributed by atoms with E-state index < -0.39 is 5.82 Å². The van der Waals surface area contributed by atoms with Crippen LogP contribution in [0.4, 0.5) is 10.1 Å². The SMILES string of the molecule is NCCCC(=O)Nc1ccc(-n2cncn2)c(F)c1. The summed E-state index contributed by atoms with van der Waals surface area (Å²) in [7, 11) is 0. The second kappa shape index (κ2) is 6.05. The molecule has 1 heterocycles. The number of halogens is 1. The summed E-state index contributed by atoms with van der Waals surface area (Å²) in [5, 5.41) is 6.45. The summed E-state index contributed by atoms with van der Waals surface area (Å²) >= 11 is 0. The van der Waals surface area contributed by atoms with E-state index >= 15 is 0 Å². The molecule has 0 atom stereocenters. The number of carbonyl (C=O) groups excluding carboxylic acids is 1. The molecule has 0 unspecified atom stereocenters. The van der Waals surface area contributed by atoms with Crippen molar-refractivity contribution in [2.24, 2.45) is 5.73 Å². The van der Waals surface area contributed by atoms with Gasteiger partial charge in [-0.15, -0.1) is 0 Å². The van der Waals surface area contributed by atoms with Crippen molar-refractivity contribution in [3.8, 4) is 5.69 Å². The molecule has 2 rings (SSSR count). The number of hydrogen-bond acceptors (Lipinski definition) is 4. The van der Waals surface area contributed by atoms with Gasteiger partial charge in [-0.2, -0.15) is 5.10 Å². The number of nitrogens with two attached hydrogens (primary N) is 1. The molecule has 0 aliphatic carbocycles. The molecule has 1 amide bonds. The van der Waals surface area contributed by atoms with E-state index in [0.29, 0.717) is 25.1 Å². The number of amides is 1. The van der Waals surface area contributed by atoms with E-state index in [9.17, 15) is 9.18 Å². The van der Waals surface area contributed by atoms with Crippen molar-refractivity contribution >= 4 is 11.6 Å². The molecule has 0 aliphatic rings. The molecule has 3 N–H and O–H groups in total. The van der Waals surface area contributed by atoms with E-state index in [1.54, 1.807) is 6.07 Å². The molecule has 2 aromatic rings. The van der Waals surface area contributed by atoms with Crippen molar-refractivity contribution in [2.75, 3.05) is 11.9 Å². The molecule has 0 spiro atoms. The Morgan fingerprint density at radius 1 is 1.47 bits per heavy atom. The number of aromatic nitrogens is 3. The fraction of sp³-hybridized carbons (Fsp3) is 0.250. The average molecular weight is 263 g/mol. The van der Waals surface area contributed by atoms with Crippen LogP contribution in [0.15, 0.2) is 30.9 Å². The van der Waals surface area contributed by atoms with Crippen molar-refractivity contribution in [2.45, 2.75) is 12.8 Å². The maximum atomic E-state index is 13.9. The summed E-state index contributed by atoms with van der Waals surface area (Å²) < 4.78 is 15.2. The van der Waals surface area contributed by atoms with Gasteiger partial charge in [0.1, 0.15) is 18.3 Å². The Morgan fingerprint density at radius 2 is 2.32 bits per heavy atom. The molecule has 1 aromatic heterocycles. The number of nitrogens with zero attached hydrogens (tertiary/aromatic N) is 3. The Balaban J connectivity index is 2.09. The highest BCUT2D eigenvalue weighted by atomic mass is 19.1. The molecule has 0 radical (unpaired) electrons. The van der Waals surface area contributed by atoms with Crippen LogP contribution in [0.2, 0.25) is 0 Å². The van der Waals surface area contributed by atoms with E-state index in [4.69, 9.17) is 5.73 Å². The highest BCUT2D eigenvalue weighted by molar-refractivity contribution is 5.90. The van der Waals surface area contributed by atoms with Gasteiger partial charge < -0.3 is 11.1 Å². The predicted octanol–water partition coefficient (Wildman–Crippen LogP) is 1.08. The zero-order valence-electron chi connectivity index (χ0n) is 10.2. The van der Waals surface area contributed by atoms with Crippen LogP contribution in [-0.4, -0.2) is 27.2 Å². The second-order valence-electron chi connectivity index (χ2n) is 3.95. The van der Waals surface area contributed by atoms with Gasteiger partial charge in [-0.1, -0.05) is 0 Å². The molecule has 7 heteroatoms. The maximum absolute atomic E-state index is 13.9. The summed E-state index contributed by atoms with van der Waals surface area (Å²) in [4.78, 5) is 15.2. The van der Waals surface area contributed by atoms with Gasteiger partial charge in [0.2, 0.25) is 5.91 Å². The Bertz CT molecular complexity index is 555. The molecule has 0 aliphatic heterocycles. The smallest absolute Gasteiger partial charge is 0.224 e. The van der Waals surface area contributed by atoms with Crippen molar-refractivity contribution in [1.29, 1.82) is 0 Å². The van der Waals surface area contributed by atoms with Gasteiger partial charge in [0.25, 0.3) is 0 Å². The lowest BCUT2D eigenvalue weighted by molar-refractivity contribution is -0.116. The van der Waals surface area contributed by atoms with E-state index in [2.05, 4.69) is 15.4 Å². The van der Waals surface area contributed by atoms with Gasteiger partial charge in [-0.3, -0.25) is 4.79 Å². The summed E-state index contributed by atoms with van der Waals surface area (Å²) in [6, 6.07) is 4.39. The number of rotatable bonds is 5. The first-order valence-electron chi connectivity index (χ1n) is 5.85. The highest BCUT2D eigenvalue weighted by Crippen LogP contribution is 2.17. The second-order valence-corrected chi connectivity index (χ2v) is 3.95. The van der Waals surface area contributed by atoms with E-state index in [-0.39, 0.29) is 11.6 Å². The third-order valence-electron chi connectivity index (χ3n) is 2.50. The van der Waals surface area contributed by atoms with E-state index in [0.717, 1.165) is 0 Å². The lowest BCUT2D eigenvalue weighted by Crippen LogP contribution is -2.13. The van der Waals surface area contributed by atoms with Gasteiger partial charge in [0.15, 0.2) is 5.82 Å². The standard InChI is InChI=1S/C12H14FN5O/c13-10-6-9(17-12(19)2-1-5-14)3-4-11(10)18-8-15-7-16-18/h3-4,6-8H,1-2,5,14H2,(H,17,19). The molecule has 19 heavy (non-hydrogen) atoms. The summed E-state index contributed by atoms with van der Waals surface area (Å²) in [5.41, 5.74) is 5.99. The molecule has 0 fully saturated rings. The Morgan fingerprint density at radius 3 is 2.95 bits per heavy atom. The minimum Gasteiger partial charge on any atom is -0.330 e. The molecule has 100 valence electrons. The minimum atomic E-state index is -0.484. The van der Waals surface area contributed by atoms with Gasteiger partial charge >= 0.3 is 0 Å². The maximum Gasteiger partial charge on any atom is 0.224 e. The molecule has 0 saturated heterocycles. The highest BCUT2D eigenvalue weighted by Gasteiger charge is 2.08. The van der Waals surface area contributed by atoms with Crippen LogP contribution in [-0.2, 0) is 4.79 Å². The monoisotopic (exact) mass is 263 g/mol. The minimum absolute atomic E-state index is 0.182. The molecule has 1 aromatic carbocycles. The van der Waals surface area contributed by atoms with Crippen molar-refractivity contribution in [3.63, 3.8) is 0 Å². The summed E-state index contributed by atoms with van der Waals surface area (Å²) in [6.45, 7) is 0.451. The van der Waals surface area contributed by atoms with Crippen LogP contribution >= 0.6 is 0 Å². The number of nitrogens with one attached hydrogen (secondary N) is 1. The van der Waals surface area contributed by atoms with E-state index in [1.807, 2.05) is 0 Å². The number of hydrogen-bond donors (Lipinski definition) is 2. The first kappa shape index (κ1) is 13.2. The van der Waals surface area contributed by atoms with Gasteiger partial charge in [-0.25, -0.2) is 14.1 Å². The first-order valence-corrected chi connectivity index (χ1v) is 5.85. The Hall–Kier alpha value is -2.28. The fourth-order valence-electron chi connectivity index (χ4n) is 1.59. The number of carbonyl (C=O) groups is 1. The normalized spacial score (nSPS) is 10.4. The van der Waals surface area contributed by atoms with Crippen LogP contribution in [0.25, 0.3) is 5.69 Å². The molecule has 6 nitrogen and oxygen atoms in total. The van der Waals surface area contributed by atoms with Crippen LogP contribution in [0.3, 0.4) is 0 Å². The summed E-state index contributed by atoms with van der Waals surface area (Å²) in [6.07, 6.45) is 3.65. The van der Waals surface area contributed by atoms with Crippen molar-refractivity contribution in [3.05, 3.63) is 36.7 Å². The van der Waals surface area contributed by atoms with E-state index in [1.165, 1.54) is 29.5 Å². The number of anilines is 1. The van der Waals surface area contributed by atoms with Crippen molar-refractivity contribution in [1.82, 2.24) is 14.8 Å². The fourth-order valence-corrected chi connectivity index (χ4v) is 1.59. The van der Waals surface area contributed by atoms with Crippen LogP contribution < -0.4 is 11.1 Å². The van der Waals surface area contributed by atoms with Crippen LogP contribution in [0, 0.1) is 5.82 Å². The molecular formula is C12H14FN5O. The lowest BCUT2D eigenvalue weighted by Gasteiger charge is -2.07. The molecular weight excluding hydrogens is 249 g/mol. The zero-order valence-corrected chi connectivity index (χ0v) is 10.2. The topological polar surface area (TPSA) is 85.8 Å². The van der Waals surface area contributed by atoms with Gasteiger partial charge in [-0.05, 0) is 31.2 Å². The zero-order chi connectivity index (χ0) is 13.7. The van der Waals surface area contributed by atoms with Crippen LogP contribution in [0.1, 0.15) is 12.8 Å². The average Bonchev–Trinajstić information content (AvgIpc) is 2.90. The third kappa shape index (κ3) is 3.35. The molecule has 0 saturated carbocycles. The van der Waals surface area contributed by atoms with Gasteiger partial charge in [0.05, 0.1) is 0 Å². The quantitative estimate of drug-likeness (QED) is 0.845. The van der Waals surface area contributed by atoms with Gasteiger partial charge in [0, 0.05) is 12.1 Å². The predicted molar refractivity (Wildman–Crippen MR) is 68.2 cm³/mol. The summed E-state index contributed by atoms with van der Waals surface area (Å²) in [5.74, 6) is -0.666. The largest absolute Gasteiger partial charge is 0.330 e. The van der Waals surface area contributed by atoms with Crippen LogP contribution in [0.5, 0.6) is 0 Å².